The van der Waals surface area contributed by atoms with Crippen molar-refractivity contribution in [3.05, 3.63) is 34.3 Å². The molecule has 3 amide bonds. The molecule has 1 heterocycles. The average Bonchev–Trinajstić information content (AvgIpc) is 3.00. The number of anilines is 2. The van der Waals surface area contributed by atoms with Gasteiger partial charge in [-0.15, -0.1) is 23.2 Å². The van der Waals surface area contributed by atoms with Crippen molar-refractivity contribution < 1.29 is 14.4 Å². The normalized spacial score (nSPS) is 35.6. The summed E-state index contributed by atoms with van der Waals surface area (Å²) in [6.45, 7) is 1.36. The number of alkyl halides is 4. The predicted molar refractivity (Wildman–Crippen MR) is 111 cm³/mol. The molecule has 2 bridgehead atoms. The molecule has 5 nitrogen and oxygen atoms in total. The van der Waals surface area contributed by atoms with Crippen LogP contribution in [0, 0.1) is 11.8 Å². The highest BCUT2D eigenvalue weighted by atomic mass is 35.5. The van der Waals surface area contributed by atoms with E-state index in [-0.39, 0.29) is 21.7 Å². The van der Waals surface area contributed by atoms with Gasteiger partial charge < -0.3 is 5.32 Å². The van der Waals surface area contributed by atoms with Gasteiger partial charge in [0.15, 0.2) is 4.33 Å². The molecule has 3 aliphatic rings. The summed E-state index contributed by atoms with van der Waals surface area (Å²) in [6.07, 6.45) is 0. The molecule has 2 aliphatic carbocycles. The molecule has 0 radical (unpaired) electrons. The van der Waals surface area contributed by atoms with E-state index in [1.54, 1.807) is 12.1 Å². The van der Waals surface area contributed by atoms with Crippen LogP contribution in [-0.4, -0.2) is 31.8 Å². The number of carbonyl (C=O) groups excluding carboxylic acids is 3. The Morgan fingerprint density at radius 3 is 1.75 bits per heavy atom. The van der Waals surface area contributed by atoms with Crippen molar-refractivity contribution in [3.63, 3.8) is 0 Å². The minimum absolute atomic E-state index is 0.138. The Balaban J connectivity index is 1.78. The molecule has 1 saturated heterocycles. The number of benzene rings is 1. The maximum absolute atomic E-state index is 13.2. The van der Waals surface area contributed by atoms with Gasteiger partial charge in [-0.25, -0.2) is 4.90 Å². The molecule has 0 aromatic heterocycles. The summed E-state index contributed by atoms with van der Waals surface area (Å²) in [4.78, 5) is 34.8. The minimum atomic E-state index is -1.96. The molecular weight excluding hydrogens is 493 g/mol. The Labute approximate surface area is 189 Å². The van der Waals surface area contributed by atoms with Crippen LogP contribution < -0.4 is 10.2 Å². The lowest BCUT2D eigenvalue weighted by atomic mass is 9.84. The van der Waals surface area contributed by atoms with Gasteiger partial charge in [-0.2, -0.15) is 0 Å². The number of rotatable bonds is 2. The van der Waals surface area contributed by atoms with Crippen molar-refractivity contribution in [2.75, 3.05) is 10.2 Å². The molecule has 28 heavy (non-hydrogen) atoms. The number of fused-ring (bicyclic) bond motifs is 5. The summed E-state index contributed by atoms with van der Waals surface area (Å²) in [5, 5.41) is 2.32. The first-order chi connectivity index (χ1) is 12.9. The van der Waals surface area contributed by atoms with Crippen LogP contribution in [-0.2, 0) is 14.4 Å². The smallest absolute Gasteiger partial charge is 0.240 e. The number of imide groups is 1. The highest BCUT2D eigenvalue weighted by molar-refractivity contribution is 6.67. The Morgan fingerprint density at radius 1 is 0.929 bits per heavy atom. The topological polar surface area (TPSA) is 66.5 Å². The van der Waals surface area contributed by atoms with Gasteiger partial charge in [0.05, 0.1) is 27.6 Å². The first-order valence-corrected chi connectivity index (χ1v) is 10.2. The molecule has 1 saturated carbocycles. The Hall–Kier alpha value is -0.690. The molecular formula is C17H10Cl6N2O3. The zero-order chi connectivity index (χ0) is 20.8. The zero-order valence-electron chi connectivity index (χ0n) is 13.9. The molecule has 0 spiro atoms. The van der Waals surface area contributed by atoms with E-state index in [9.17, 15) is 14.4 Å². The number of halogens is 6. The van der Waals surface area contributed by atoms with Gasteiger partial charge in [-0.3, -0.25) is 14.4 Å². The summed E-state index contributed by atoms with van der Waals surface area (Å²) < 4.78 is -1.96. The second-order valence-electron chi connectivity index (χ2n) is 6.82. The van der Waals surface area contributed by atoms with Crippen LogP contribution in [0.1, 0.15) is 6.92 Å². The second kappa shape index (κ2) is 6.16. The summed E-state index contributed by atoms with van der Waals surface area (Å²) in [5.41, 5.74) is 0.784. The van der Waals surface area contributed by atoms with E-state index in [1.165, 1.54) is 19.1 Å². The third-order valence-corrected chi connectivity index (χ3v) is 9.61. The molecule has 4 atom stereocenters. The molecule has 0 unspecified atom stereocenters. The molecule has 1 aromatic rings. The van der Waals surface area contributed by atoms with Gasteiger partial charge in [-0.05, 0) is 24.3 Å². The lowest BCUT2D eigenvalue weighted by molar-refractivity contribution is -0.123. The third kappa shape index (κ3) is 2.16. The van der Waals surface area contributed by atoms with Gasteiger partial charge in [0.1, 0.15) is 9.75 Å². The van der Waals surface area contributed by atoms with Gasteiger partial charge in [0.2, 0.25) is 17.7 Å². The third-order valence-electron chi connectivity index (χ3n) is 5.35. The van der Waals surface area contributed by atoms with Crippen molar-refractivity contribution in [1.29, 1.82) is 0 Å². The number of amides is 3. The number of allylic oxidation sites excluding steroid dienone is 2. The van der Waals surface area contributed by atoms with E-state index < -0.39 is 37.7 Å². The largest absolute Gasteiger partial charge is 0.326 e. The van der Waals surface area contributed by atoms with Crippen molar-refractivity contribution in [1.82, 2.24) is 0 Å². The Kier molecular flexibility index (Phi) is 4.53. The molecule has 2 fully saturated rings. The molecule has 148 valence electrons. The van der Waals surface area contributed by atoms with E-state index in [1.807, 2.05) is 0 Å². The Morgan fingerprint density at radius 2 is 1.36 bits per heavy atom. The van der Waals surface area contributed by atoms with Crippen LogP contribution in [0.4, 0.5) is 11.4 Å². The van der Waals surface area contributed by atoms with Crippen LogP contribution in [0.5, 0.6) is 0 Å². The number of nitrogens with one attached hydrogen (secondary N) is 1. The highest BCUT2D eigenvalue weighted by Gasteiger charge is 2.87. The number of hydrogen-bond donors (Lipinski definition) is 1. The number of nitrogens with zero attached hydrogens (tertiary/aromatic N) is 1. The lowest BCUT2D eigenvalue weighted by Gasteiger charge is -2.34. The summed E-state index contributed by atoms with van der Waals surface area (Å²) in [5.74, 6) is -3.88. The van der Waals surface area contributed by atoms with E-state index in [4.69, 9.17) is 69.6 Å². The van der Waals surface area contributed by atoms with Crippen LogP contribution in [0.15, 0.2) is 34.3 Å². The summed E-state index contributed by atoms with van der Waals surface area (Å²) in [7, 11) is 0. The average molecular weight is 503 g/mol. The molecule has 4 rings (SSSR count). The molecule has 1 aromatic carbocycles. The van der Waals surface area contributed by atoms with Gasteiger partial charge >= 0.3 is 0 Å². The quantitative estimate of drug-likeness (QED) is 0.475. The van der Waals surface area contributed by atoms with Crippen molar-refractivity contribution in [3.8, 4) is 0 Å². The van der Waals surface area contributed by atoms with Gasteiger partial charge in [0, 0.05) is 12.6 Å². The molecule has 1 aliphatic heterocycles. The maximum Gasteiger partial charge on any atom is 0.240 e. The van der Waals surface area contributed by atoms with Crippen molar-refractivity contribution >= 4 is 98.7 Å². The van der Waals surface area contributed by atoms with Crippen LogP contribution >= 0.6 is 69.6 Å². The predicted octanol–water partition coefficient (Wildman–Crippen LogP) is 4.60. The van der Waals surface area contributed by atoms with Gasteiger partial charge in [0.25, 0.3) is 0 Å². The minimum Gasteiger partial charge on any atom is -0.326 e. The fourth-order valence-electron chi connectivity index (χ4n) is 4.15. The van der Waals surface area contributed by atoms with Crippen LogP contribution in [0.2, 0.25) is 0 Å². The summed E-state index contributed by atoms with van der Waals surface area (Å²) >= 11 is 38.7. The fraction of sp³-hybridized carbons (Fsp3) is 0.353. The van der Waals surface area contributed by atoms with Crippen molar-refractivity contribution in [2.24, 2.45) is 11.8 Å². The zero-order valence-corrected chi connectivity index (χ0v) is 18.4. The van der Waals surface area contributed by atoms with E-state index in [0.29, 0.717) is 5.69 Å². The first kappa shape index (κ1) is 20.6. The lowest BCUT2D eigenvalue weighted by Crippen LogP contribution is -2.50. The summed E-state index contributed by atoms with van der Waals surface area (Å²) in [6, 6.07) is 6.13. The highest BCUT2D eigenvalue weighted by Crippen LogP contribution is 2.77. The van der Waals surface area contributed by atoms with E-state index >= 15 is 0 Å². The Bertz CT molecular complexity index is 932. The van der Waals surface area contributed by atoms with E-state index in [2.05, 4.69) is 5.32 Å². The molecule has 11 heteroatoms. The maximum atomic E-state index is 13.2. The first-order valence-electron chi connectivity index (χ1n) is 7.98. The fourth-order valence-corrected chi connectivity index (χ4v) is 7.08. The van der Waals surface area contributed by atoms with E-state index in [0.717, 1.165) is 4.90 Å². The standard InChI is InChI=1S/C17H10Cl6N2O3/c1-6(26)24-7-2-4-8(5-3-7)25-13(27)9-10(14(25)28)16(21)12(19)11(18)15(9,20)17(16,22)23/h2-5,9-10H,1H3,(H,24,26)/t9-,10-,15+,16+/m0/s1. The van der Waals surface area contributed by atoms with Crippen LogP contribution in [0.3, 0.4) is 0 Å². The SMILES string of the molecule is CC(=O)Nc1ccc(N2C(=O)[C@@H]3[C@@H](C2=O)[C@@]2(Cl)C(Cl)=C(Cl)[C@@]3(Cl)C2(Cl)Cl)cc1. The molecule has 1 N–H and O–H groups in total. The monoisotopic (exact) mass is 500 g/mol. The number of carbonyl (C=O) groups is 3. The number of hydrogen-bond acceptors (Lipinski definition) is 3. The van der Waals surface area contributed by atoms with Crippen molar-refractivity contribution in [2.45, 2.75) is 21.0 Å². The van der Waals surface area contributed by atoms with Crippen LogP contribution in [0.25, 0.3) is 0 Å². The second-order valence-corrected chi connectivity index (χ2v) is 10.1. The van der Waals surface area contributed by atoms with Gasteiger partial charge in [-0.1, -0.05) is 46.4 Å².